The average molecular weight is 244 g/mol. The Labute approximate surface area is 103 Å². The molecular formula is C13H24O4. The number of aliphatic hydroxyl groups is 1. The number of hydrogen-bond acceptors (Lipinski definition) is 3. The molecule has 0 aromatic heterocycles. The highest BCUT2D eigenvalue weighted by atomic mass is 16.4. The minimum Gasteiger partial charge on any atom is -0.481 e. The number of carboxylic acid groups (broad SMARTS) is 1. The molecule has 0 aliphatic rings. The van der Waals surface area contributed by atoms with Gasteiger partial charge in [0.05, 0.1) is 11.5 Å². The maximum Gasteiger partial charge on any atom is 0.306 e. The number of aliphatic carboxylic acids is 1. The van der Waals surface area contributed by atoms with Crippen molar-refractivity contribution < 1.29 is 19.8 Å². The molecule has 2 atom stereocenters. The molecule has 0 saturated carbocycles. The zero-order valence-electron chi connectivity index (χ0n) is 11.0. The van der Waals surface area contributed by atoms with Crippen LogP contribution >= 0.6 is 0 Å². The van der Waals surface area contributed by atoms with Crippen LogP contribution in [0.4, 0.5) is 0 Å². The summed E-state index contributed by atoms with van der Waals surface area (Å²) in [4.78, 5) is 21.4. The fourth-order valence-electron chi connectivity index (χ4n) is 1.76. The highest BCUT2D eigenvalue weighted by molar-refractivity contribution is 5.75. The molecule has 0 spiro atoms. The minimum absolute atomic E-state index is 0.139. The van der Waals surface area contributed by atoms with E-state index in [1.807, 2.05) is 0 Å². The Kier molecular flexibility index (Phi) is 7.04. The summed E-state index contributed by atoms with van der Waals surface area (Å²) in [5, 5.41) is 18.7. The maximum absolute atomic E-state index is 10.8. The van der Waals surface area contributed by atoms with Gasteiger partial charge in [-0.05, 0) is 46.0 Å². The molecule has 4 heteroatoms. The Morgan fingerprint density at radius 1 is 1.24 bits per heavy atom. The number of carbonyl (C=O) groups excluding carboxylic acids is 1. The molecule has 0 aliphatic heterocycles. The Hall–Kier alpha value is -0.900. The first-order valence-corrected chi connectivity index (χ1v) is 6.19. The van der Waals surface area contributed by atoms with Gasteiger partial charge in [0, 0.05) is 6.42 Å². The number of rotatable bonds is 9. The van der Waals surface area contributed by atoms with E-state index in [4.69, 9.17) is 5.11 Å². The van der Waals surface area contributed by atoms with Crippen LogP contribution in [0.15, 0.2) is 0 Å². The molecule has 2 N–H and O–H groups in total. The predicted octanol–water partition coefficient (Wildman–Crippen LogP) is 2.39. The third-order valence-corrected chi connectivity index (χ3v) is 3.02. The zero-order valence-corrected chi connectivity index (χ0v) is 11.0. The van der Waals surface area contributed by atoms with E-state index in [1.54, 1.807) is 20.8 Å². The number of carbonyl (C=O) groups is 2. The van der Waals surface area contributed by atoms with Crippen molar-refractivity contribution >= 4 is 11.8 Å². The van der Waals surface area contributed by atoms with Gasteiger partial charge in [-0.3, -0.25) is 4.79 Å². The summed E-state index contributed by atoms with van der Waals surface area (Å²) in [5.74, 6) is -1.01. The van der Waals surface area contributed by atoms with Gasteiger partial charge in [0.25, 0.3) is 0 Å². The summed E-state index contributed by atoms with van der Waals surface area (Å²) in [5.41, 5.74) is -0.784. The van der Waals surface area contributed by atoms with Crippen molar-refractivity contribution in [1.29, 1.82) is 0 Å². The number of hydrogen-bond donors (Lipinski definition) is 2. The molecule has 0 aliphatic carbocycles. The monoisotopic (exact) mass is 244 g/mol. The molecule has 0 amide bonds. The molecule has 0 fully saturated rings. The van der Waals surface area contributed by atoms with Crippen molar-refractivity contribution in [3.8, 4) is 0 Å². The van der Waals surface area contributed by atoms with Gasteiger partial charge in [-0.1, -0.05) is 6.92 Å². The summed E-state index contributed by atoms with van der Waals surface area (Å²) in [6, 6.07) is 0. The van der Waals surface area contributed by atoms with Gasteiger partial charge in [0.2, 0.25) is 0 Å². The third-order valence-electron chi connectivity index (χ3n) is 3.02. The van der Waals surface area contributed by atoms with Crippen LogP contribution in [-0.4, -0.2) is 27.6 Å². The Morgan fingerprint density at radius 3 is 2.24 bits per heavy atom. The van der Waals surface area contributed by atoms with Gasteiger partial charge in [-0.2, -0.15) is 0 Å². The highest BCUT2D eigenvalue weighted by Crippen LogP contribution is 2.22. The minimum atomic E-state index is -0.791. The fraction of sp³-hybridized carbons (Fsp3) is 0.846. The molecule has 4 nitrogen and oxygen atoms in total. The molecule has 0 radical (unpaired) electrons. The molecule has 0 aromatic rings. The smallest absolute Gasteiger partial charge is 0.306 e. The van der Waals surface area contributed by atoms with Crippen LogP contribution in [-0.2, 0) is 9.59 Å². The standard InChI is InChI=1S/C13H24O4/c1-10(12(15)16)6-4-8-13(3,17)9-5-7-11(2)14/h10,17H,4-9H2,1-3H3,(H,15,16). The second-order valence-corrected chi connectivity index (χ2v) is 5.18. The lowest BCUT2D eigenvalue weighted by Gasteiger charge is -2.23. The van der Waals surface area contributed by atoms with E-state index >= 15 is 0 Å². The third kappa shape index (κ3) is 8.86. The van der Waals surface area contributed by atoms with E-state index in [0.717, 1.165) is 0 Å². The predicted molar refractivity (Wildman–Crippen MR) is 65.8 cm³/mol. The van der Waals surface area contributed by atoms with Gasteiger partial charge in [0.1, 0.15) is 5.78 Å². The molecule has 17 heavy (non-hydrogen) atoms. The lowest BCUT2D eigenvalue weighted by atomic mass is 9.90. The molecule has 100 valence electrons. The molecular weight excluding hydrogens is 220 g/mol. The van der Waals surface area contributed by atoms with Gasteiger partial charge in [-0.25, -0.2) is 0 Å². The van der Waals surface area contributed by atoms with Crippen molar-refractivity contribution in [3.05, 3.63) is 0 Å². The molecule has 0 aromatic carbocycles. The van der Waals surface area contributed by atoms with Gasteiger partial charge in [0.15, 0.2) is 0 Å². The van der Waals surface area contributed by atoms with Crippen molar-refractivity contribution in [1.82, 2.24) is 0 Å². The summed E-state index contributed by atoms with van der Waals surface area (Å²) < 4.78 is 0. The van der Waals surface area contributed by atoms with E-state index in [-0.39, 0.29) is 11.7 Å². The van der Waals surface area contributed by atoms with Crippen LogP contribution < -0.4 is 0 Å². The first-order chi connectivity index (χ1) is 7.74. The van der Waals surface area contributed by atoms with E-state index in [9.17, 15) is 14.7 Å². The van der Waals surface area contributed by atoms with Crippen LogP contribution in [0.5, 0.6) is 0 Å². The Balaban J connectivity index is 3.77. The SMILES string of the molecule is CC(=O)CCCC(C)(O)CCCC(C)C(=O)O. The van der Waals surface area contributed by atoms with E-state index in [2.05, 4.69) is 0 Å². The maximum atomic E-state index is 10.8. The normalized spacial score (nSPS) is 16.2. The quantitative estimate of drug-likeness (QED) is 0.653. The first-order valence-electron chi connectivity index (χ1n) is 6.19. The summed E-state index contributed by atoms with van der Waals surface area (Å²) in [6.07, 6.45) is 3.65. The van der Waals surface area contributed by atoms with Crippen molar-refractivity contribution in [3.63, 3.8) is 0 Å². The fourth-order valence-corrected chi connectivity index (χ4v) is 1.76. The molecule has 0 heterocycles. The number of carboxylic acids is 1. The highest BCUT2D eigenvalue weighted by Gasteiger charge is 2.20. The summed E-state index contributed by atoms with van der Waals surface area (Å²) >= 11 is 0. The van der Waals surface area contributed by atoms with Crippen molar-refractivity contribution in [2.24, 2.45) is 5.92 Å². The molecule has 0 saturated heterocycles. The van der Waals surface area contributed by atoms with E-state index in [0.29, 0.717) is 38.5 Å². The van der Waals surface area contributed by atoms with Crippen LogP contribution in [0.1, 0.15) is 59.3 Å². The van der Waals surface area contributed by atoms with Crippen molar-refractivity contribution in [2.75, 3.05) is 0 Å². The summed E-state index contributed by atoms with van der Waals surface area (Å²) in [6.45, 7) is 4.97. The number of Topliss-reactive ketones (excluding diaryl/α,β-unsaturated/α-hetero) is 1. The van der Waals surface area contributed by atoms with Crippen LogP contribution in [0.3, 0.4) is 0 Å². The largest absolute Gasteiger partial charge is 0.481 e. The first kappa shape index (κ1) is 16.1. The lowest BCUT2D eigenvalue weighted by molar-refractivity contribution is -0.141. The second-order valence-electron chi connectivity index (χ2n) is 5.18. The summed E-state index contributed by atoms with van der Waals surface area (Å²) in [7, 11) is 0. The second kappa shape index (κ2) is 7.43. The van der Waals surface area contributed by atoms with E-state index < -0.39 is 11.6 Å². The Bertz CT molecular complexity index is 258. The topological polar surface area (TPSA) is 74.6 Å². The lowest BCUT2D eigenvalue weighted by Crippen LogP contribution is -2.24. The zero-order chi connectivity index (χ0) is 13.5. The van der Waals surface area contributed by atoms with Gasteiger partial charge in [-0.15, -0.1) is 0 Å². The van der Waals surface area contributed by atoms with Crippen molar-refractivity contribution in [2.45, 2.75) is 64.9 Å². The molecule has 2 unspecified atom stereocenters. The molecule has 0 rings (SSSR count). The van der Waals surface area contributed by atoms with Crippen LogP contribution in [0, 0.1) is 5.92 Å². The Morgan fingerprint density at radius 2 is 1.76 bits per heavy atom. The van der Waals surface area contributed by atoms with Crippen LogP contribution in [0.2, 0.25) is 0 Å². The van der Waals surface area contributed by atoms with Crippen LogP contribution in [0.25, 0.3) is 0 Å². The van der Waals surface area contributed by atoms with Gasteiger partial charge >= 0.3 is 5.97 Å². The van der Waals surface area contributed by atoms with E-state index in [1.165, 1.54) is 0 Å². The average Bonchev–Trinajstić information content (AvgIpc) is 2.15. The molecule has 0 bridgehead atoms. The van der Waals surface area contributed by atoms with Gasteiger partial charge < -0.3 is 15.0 Å². The number of ketones is 1.